The Hall–Kier alpha value is -1.56. The number of hydrogen-bond acceptors (Lipinski definition) is 0. The van der Waals surface area contributed by atoms with Crippen molar-refractivity contribution in [3.05, 3.63) is 71.4 Å². The Morgan fingerprint density at radius 1 is 0.407 bits per heavy atom. The number of hydrogen-bond donors (Lipinski definition) is 0. The molecule has 0 spiro atoms. The van der Waals surface area contributed by atoms with Crippen LogP contribution in [0, 0.1) is 0 Å². The van der Waals surface area contributed by atoms with Crippen LogP contribution in [0.4, 0.5) is 0 Å². The summed E-state index contributed by atoms with van der Waals surface area (Å²) in [7, 11) is 0. The second-order valence-corrected chi connectivity index (χ2v) is 7.88. The van der Waals surface area contributed by atoms with Crippen molar-refractivity contribution in [3.63, 3.8) is 0 Å². The first kappa shape index (κ1) is 25.4. The number of allylic oxidation sites excluding steroid dienone is 12. The summed E-state index contributed by atoms with van der Waals surface area (Å²) in [6, 6.07) is 0. The van der Waals surface area contributed by atoms with Gasteiger partial charge in [-0.15, -0.1) is 0 Å². The van der Waals surface area contributed by atoms with Crippen molar-refractivity contribution in [2.24, 2.45) is 0 Å². The average molecular weight is 369 g/mol. The van der Waals surface area contributed by atoms with E-state index in [1.54, 1.807) is 0 Å². The molecule has 0 nitrogen and oxygen atoms in total. The highest BCUT2D eigenvalue weighted by atomic mass is 13.9. The summed E-state index contributed by atoms with van der Waals surface area (Å²) < 4.78 is 0. The quantitative estimate of drug-likeness (QED) is 0.199. The predicted molar refractivity (Wildman–Crippen MR) is 126 cm³/mol. The van der Waals surface area contributed by atoms with E-state index in [0.29, 0.717) is 0 Å². The van der Waals surface area contributed by atoms with E-state index in [0.717, 1.165) is 0 Å². The van der Waals surface area contributed by atoms with Gasteiger partial charge in [0.05, 0.1) is 0 Å². The molecule has 0 radical (unpaired) electrons. The van der Waals surface area contributed by atoms with Crippen LogP contribution in [0.1, 0.15) is 98.8 Å². The Morgan fingerprint density at radius 3 is 1.15 bits per heavy atom. The van der Waals surface area contributed by atoms with E-state index in [1.807, 2.05) is 0 Å². The Kier molecular flexibility index (Phi) is 18.1. The normalized spacial score (nSPS) is 12.4. The van der Waals surface area contributed by atoms with E-state index in [9.17, 15) is 0 Å². The summed E-state index contributed by atoms with van der Waals surface area (Å²) in [6.45, 7) is 10.9. The smallest absolute Gasteiger partial charge is 0.0288 e. The van der Waals surface area contributed by atoms with E-state index < -0.39 is 0 Å². The van der Waals surface area contributed by atoms with Crippen molar-refractivity contribution >= 4 is 0 Å². The maximum atomic E-state index is 2.41. The van der Waals surface area contributed by atoms with Crippen LogP contribution in [0.25, 0.3) is 0 Å². The lowest BCUT2D eigenvalue weighted by Crippen LogP contribution is -1.77. The molecule has 0 heterocycles. The van der Waals surface area contributed by atoms with Crippen LogP contribution in [-0.4, -0.2) is 0 Å². The molecule has 0 aliphatic heterocycles. The van der Waals surface area contributed by atoms with Crippen molar-refractivity contribution in [3.8, 4) is 0 Å². The van der Waals surface area contributed by atoms with Gasteiger partial charge in [-0.1, -0.05) is 71.4 Å². The van der Waals surface area contributed by atoms with Gasteiger partial charge in [-0.05, 0) is 98.8 Å². The lowest BCUT2D eigenvalue weighted by atomic mass is 10.1. The third-order valence-electron chi connectivity index (χ3n) is 4.30. The second kappa shape index (κ2) is 19.2. The van der Waals surface area contributed by atoms with E-state index in [2.05, 4.69) is 89.3 Å². The summed E-state index contributed by atoms with van der Waals surface area (Å²) in [5.41, 5.74) is 4.36. The van der Waals surface area contributed by atoms with Crippen molar-refractivity contribution in [2.75, 3.05) is 0 Å². The van der Waals surface area contributed by atoms with Gasteiger partial charge in [-0.2, -0.15) is 0 Å². The predicted octanol–water partition coefficient (Wildman–Crippen LogP) is 9.43. The molecular weight excluding hydrogens is 324 g/mol. The van der Waals surface area contributed by atoms with Crippen molar-refractivity contribution in [1.82, 2.24) is 0 Å². The molecule has 0 aliphatic carbocycles. The zero-order valence-electron chi connectivity index (χ0n) is 18.8. The molecule has 0 aromatic heterocycles. The van der Waals surface area contributed by atoms with E-state index in [1.165, 1.54) is 80.9 Å². The summed E-state index contributed by atoms with van der Waals surface area (Å²) in [5.74, 6) is 0. The zero-order valence-corrected chi connectivity index (χ0v) is 18.8. The molecule has 0 heteroatoms. The number of unbranched alkanes of at least 4 members (excludes halogenated alkanes) is 4. The molecule has 152 valence electrons. The third kappa shape index (κ3) is 22.4. The van der Waals surface area contributed by atoms with Crippen LogP contribution in [0.2, 0.25) is 0 Å². The first-order valence-electron chi connectivity index (χ1n) is 10.9. The highest BCUT2D eigenvalue weighted by Crippen LogP contribution is 2.09. The fraction of sp³-hybridized carbons (Fsp3) is 0.556. The minimum Gasteiger partial charge on any atom is -0.0882 e. The standard InChI is InChI=1S/C27H44/c1-25(2)21-17-13-10-8-6-7-9-11-15-19-23-27(5)24-20-16-12-14-18-22-26(3)4/h8-12,16,21-23H,6-7,13-15,17-20,24H2,1-5H3/b10-8-,11-9+,16-12+,27-23-. The van der Waals surface area contributed by atoms with Gasteiger partial charge in [0.25, 0.3) is 0 Å². The molecule has 0 N–H and O–H groups in total. The van der Waals surface area contributed by atoms with Gasteiger partial charge < -0.3 is 0 Å². The van der Waals surface area contributed by atoms with Crippen LogP contribution in [0.5, 0.6) is 0 Å². The first-order valence-corrected chi connectivity index (χ1v) is 10.9. The summed E-state index contributed by atoms with van der Waals surface area (Å²) in [5, 5.41) is 0. The fourth-order valence-electron chi connectivity index (χ4n) is 2.68. The Bertz CT molecular complexity index is 512. The topological polar surface area (TPSA) is 0 Å². The maximum absolute atomic E-state index is 2.41. The van der Waals surface area contributed by atoms with E-state index in [-0.39, 0.29) is 0 Å². The summed E-state index contributed by atoms with van der Waals surface area (Å²) in [4.78, 5) is 0. The maximum Gasteiger partial charge on any atom is -0.0288 e. The molecule has 0 saturated carbocycles. The summed E-state index contributed by atoms with van der Waals surface area (Å²) in [6.07, 6.45) is 32.7. The molecule has 0 atom stereocenters. The highest BCUT2D eigenvalue weighted by molar-refractivity contribution is 5.02. The zero-order chi connectivity index (χ0) is 20.2. The third-order valence-corrected chi connectivity index (χ3v) is 4.30. The molecule has 0 saturated heterocycles. The van der Waals surface area contributed by atoms with Crippen molar-refractivity contribution in [1.29, 1.82) is 0 Å². The van der Waals surface area contributed by atoms with Crippen molar-refractivity contribution < 1.29 is 0 Å². The lowest BCUT2D eigenvalue weighted by Gasteiger charge is -1.98. The van der Waals surface area contributed by atoms with Crippen molar-refractivity contribution in [2.45, 2.75) is 98.8 Å². The Morgan fingerprint density at radius 2 is 0.741 bits per heavy atom. The van der Waals surface area contributed by atoms with E-state index >= 15 is 0 Å². The van der Waals surface area contributed by atoms with Gasteiger partial charge in [0, 0.05) is 0 Å². The van der Waals surface area contributed by atoms with Crippen LogP contribution in [0.15, 0.2) is 71.4 Å². The van der Waals surface area contributed by atoms with Gasteiger partial charge in [-0.3, -0.25) is 0 Å². The monoisotopic (exact) mass is 368 g/mol. The Labute approximate surface area is 170 Å². The molecule has 0 aliphatic rings. The van der Waals surface area contributed by atoms with Crippen LogP contribution < -0.4 is 0 Å². The largest absolute Gasteiger partial charge is 0.0882 e. The molecule has 0 unspecified atom stereocenters. The van der Waals surface area contributed by atoms with Crippen LogP contribution >= 0.6 is 0 Å². The summed E-state index contributed by atoms with van der Waals surface area (Å²) >= 11 is 0. The SMILES string of the molecule is CC(C)=CCC/C=C\CC/C=C/CC/C=C(/C)CC/C=C/CCC=C(C)C. The minimum absolute atomic E-state index is 1.17. The van der Waals surface area contributed by atoms with E-state index in [4.69, 9.17) is 0 Å². The molecule has 0 aromatic rings. The van der Waals surface area contributed by atoms with Crippen LogP contribution in [-0.2, 0) is 0 Å². The van der Waals surface area contributed by atoms with Gasteiger partial charge in [0.1, 0.15) is 0 Å². The van der Waals surface area contributed by atoms with Gasteiger partial charge in [0.2, 0.25) is 0 Å². The molecule has 0 fully saturated rings. The van der Waals surface area contributed by atoms with Gasteiger partial charge >= 0.3 is 0 Å². The molecule has 0 aromatic carbocycles. The molecule has 0 rings (SSSR count). The second-order valence-electron chi connectivity index (χ2n) is 7.88. The number of rotatable bonds is 15. The van der Waals surface area contributed by atoms with Crippen LogP contribution in [0.3, 0.4) is 0 Å². The first-order chi connectivity index (χ1) is 13.0. The molecule has 0 bridgehead atoms. The fourth-order valence-corrected chi connectivity index (χ4v) is 2.68. The average Bonchev–Trinajstić information content (AvgIpc) is 2.61. The molecular formula is C27H44. The van der Waals surface area contributed by atoms with Gasteiger partial charge in [-0.25, -0.2) is 0 Å². The highest BCUT2D eigenvalue weighted by Gasteiger charge is 1.88. The molecule has 27 heavy (non-hydrogen) atoms. The molecule has 0 amide bonds. The minimum atomic E-state index is 1.17. The van der Waals surface area contributed by atoms with Gasteiger partial charge in [0.15, 0.2) is 0 Å². The lowest BCUT2D eigenvalue weighted by molar-refractivity contribution is 0.929. The Balaban J connectivity index is 3.61.